The first-order chi connectivity index (χ1) is 8.74. The molecule has 1 heterocycles. The van der Waals surface area contributed by atoms with Crippen LogP contribution in [0.25, 0.3) is 0 Å². The predicted molar refractivity (Wildman–Crippen MR) is 57.9 cm³/mol. The second-order valence-corrected chi connectivity index (χ2v) is 4.49. The molecule has 1 aliphatic rings. The molecule has 2 rings (SSSR count). The molecule has 1 unspecified atom stereocenters. The average Bonchev–Trinajstić information content (AvgIpc) is 2.72. The van der Waals surface area contributed by atoms with E-state index >= 15 is 0 Å². The minimum atomic E-state index is -4.81. The minimum absolute atomic E-state index is 0.261. The van der Waals surface area contributed by atoms with Crippen molar-refractivity contribution in [3.8, 4) is 0 Å². The summed E-state index contributed by atoms with van der Waals surface area (Å²) in [6, 6.07) is 5.05. The topological polar surface area (TPSA) is 40.5 Å². The molecule has 1 N–H and O–H groups in total. The van der Waals surface area contributed by atoms with Gasteiger partial charge < -0.3 is 10.0 Å². The first kappa shape index (κ1) is 13.8. The molecule has 1 aromatic carbocycles. The van der Waals surface area contributed by atoms with Gasteiger partial charge in [-0.05, 0) is 12.1 Å². The van der Waals surface area contributed by atoms with Crippen LogP contribution in [0.15, 0.2) is 24.3 Å². The van der Waals surface area contributed by atoms with Crippen LogP contribution in [0.3, 0.4) is 0 Å². The highest BCUT2D eigenvalue weighted by atomic mass is 19.4. The molecule has 1 aliphatic heterocycles. The number of hydrogen-bond acceptors (Lipinski definition) is 2. The number of alkyl halides is 3. The Morgan fingerprint density at radius 1 is 1.32 bits per heavy atom. The van der Waals surface area contributed by atoms with Crippen LogP contribution in [-0.2, 0) is 0 Å². The lowest BCUT2D eigenvalue weighted by atomic mass is 10.0. The smallest absolute Gasteiger partial charge is 0.379 e. The number of carbonyl (C=O) groups is 1. The number of carbonyl (C=O) groups excluding carboxylic acids is 1. The van der Waals surface area contributed by atoms with Crippen LogP contribution in [-0.4, -0.2) is 40.8 Å². The van der Waals surface area contributed by atoms with Gasteiger partial charge in [0.25, 0.3) is 5.91 Å². The summed E-state index contributed by atoms with van der Waals surface area (Å²) in [5.41, 5.74) is -3.21. The lowest BCUT2D eigenvalue weighted by Gasteiger charge is -2.25. The summed E-state index contributed by atoms with van der Waals surface area (Å²) in [4.78, 5) is 12.7. The molecule has 19 heavy (non-hydrogen) atoms. The summed E-state index contributed by atoms with van der Waals surface area (Å²) < 4.78 is 51.2. The van der Waals surface area contributed by atoms with E-state index in [1.165, 1.54) is 18.2 Å². The summed E-state index contributed by atoms with van der Waals surface area (Å²) in [6.07, 6.45) is -5.41. The summed E-state index contributed by atoms with van der Waals surface area (Å²) in [7, 11) is 0. The van der Waals surface area contributed by atoms with Gasteiger partial charge in [0.05, 0.1) is 12.1 Å². The second kappa shape index (κ2) is 4.48. The number of halogens is 4. The first-order valence-corrected chi connectivity index (χ1v) is 5.57. The molecule has 1 atom stereocenters. The normalized spacial score (nSPS) is 23.7. The van der Waals surface area contributed by atoms with Crippen LogP contribution >= 0.6 is 0 Å². The fraction of sp³-hybridized carbons (Fsp3) is 0.417. The van der Waals surface area contributed by atoms with Gasteiger partial charge in [0.15, 0.2) is 5.60 Å². The first-order valence-electron chi connectivity index (χ1n) is 5.57. The van der Waals surface area contributed by atoms with Gasteiger partial charge in [-0.1, -0.05) is 12.1 Å². The number of hydrogen-bond donors (Lipinski definition) is 1. The molecule has 1 aromatic rings. The third-order valence-electron chi connectivity index (χ3n) is 3.17. The molecule has 3 nitrogen and oxygen atoms in total. The quantitative estimate of drug-likeness (QED) is 0.797. The lowest BCUT2D eigenvalue weighted by molar-refractivity contribution is -0.253. The largest absolute Gasteiger partial charge is 0.419 e. The van der Waals surface area contributed by atoms with Gasteiger partial charge in [-0.2, -0.15) is 13.2 Å². The Kier molecular flexibility index (Phi) is 3.25. The maximum atomic E-state index is 13.4. The SMILES string of the molecule is O=C(c1ccccc1F)N1CCC(O)(C(F)(F)F)C1. The van der Waals surface area contributed by atoms with Crippen LogP contribution in [0.2, 0.25) is 0 Å². The summed E-state index contributed by atoms with van der Waals surface area (Å²) >= 11 is 0. The highest BCUT2D eigenvalue weighted by Crippen LogP contribution is 2.38. The van der Waals surface area contributed by atoms with Crippen LogP contribution in [0, 0.1) is 5.82 Å². The molecule has 0 spiro atoms. The lowest BCUT2D eigenvalue weighted by Crippen LogP contribution is -2.48. The van der Waals surface area contributed by atoms with Crippen LogP contribution in [0.5, 0.6) is 0 Å². The Hall–Kier alpha value is -1.63. The van der Waals surface area contributed by atoms with Crippen LogP contribution in [0.4, 0.5) is 17.6 Å². The molecule has 1 fully saturated rings. The Morgan fingerprint density at radius 3 is 2.47 bits per heavy atom. The monoisotopic (exact) mass is 277 g/mol. The van der Waals surface area contributed by atoms with Crippen molar-refractivity contribution >= 4 is 5.91 Å². The molecule has 0 radical (unpaired) electrons. The van der Waals surface area contributed by atoms with E-state index in [1.807, 2.05) is 0 Å². The van der Waals surface area contributed by atoms with Crippen molar-refractivity contribution in [1.82, 2.24) is 4.90 Å². The highest BCUT2D eigenvalue weighted by molar-refractivity contribution is 5.94. The van der Waals surface area contributed by atoms with Crippen LogP contribution in [0.1, 0.15) is 16.8 Å². The fourth-order valence-electron chi connectivity index (χ4n) is 2.00. The number of aliphatic hydroxyl groups is 1. The summed E-state index contributed by atoms with van der Waals surface area (Å²) in [5.74, 6) is -1.65. The zero-order chi connectivity index (χ0) is 14.3. The second-order valence-electron chi connectivity index (χ2n) is 4.49. The number of amides is 1. The fourth-order valence-corrected chi connectivity index (χ4v) is 2.00. The Labute approximate surface area is 106 Å². The average molecular weight is 277 g/mol. The maximum Gasteiger partial charge on any atom is 0.419 e. The molecule has 1 saturated heterocycles. The van der Waals surface area contributed by atoms with Gasteiger partial charge in [0.1, 0.15) is 5.82 Å². The van der Waals surface area contributed by atoms with Gasteiger partial charge in [-0.25, -0.2) is 4.39 Å². The van der Waals surface area contributed by atoms with Crippen molar-refractivity contribution in [3.63, 3.8) is 0 Å². The Morgan fingerprint density at radius 2 is 1.95 bits per heavy atom. The molecule has 104 valence electrons. The predicted octanol–water partition coefficient (Wildman–Crippen LogP) is 1.97. The van der Waals surface area contributed by atoms with Crippen molar-refractivity contribution in [2.45, 2.75) is 18.2 Å². The van der Waals surface area contributed by atoms with Crippen molar-refractivity contribution in [2.24, 2.45) is 0 Å². The Balaban J connectivity index is 2.18. The van der Waals surface area contributed by atoms with E-state index in [1.54, 1.807) is 0 Å². The molecular formula is C12H11F4NO2. The number of β-amino-alcohol motifs (C(OH)–C–C–N with tert-alkyl or cyclic N) is 1. The van der Waals surface area contributed by atoms with Crippen molar-refractivity contribution < 1.29 is 27.5 Å². The van der Waals surface area contributed by atoms with E-state index < -0.39 is 36.5 Å². The van der Waals surface area contributed by atoms with Gasteiger partial charge in [-0.15, -0.1) is 0 Å². The third-order valence-corrected chi connectivity index (χ3v) is 3.17. The highest BCUT2D eigenvalue weighted by Gasteiger charge is 2.57. The summed E-state index contributed by atoms with van der Waals surface area (Å²) in [5, 5.41) is 9.45. The zero-order valence-corrected chi connectivity index (χ0v) is 9.75. The number of rotatable bonds is 1. The maximum absolute atomic E-state index is 13.4. The van der Waals surface area contributed by atoms with Gasteiger partial charge in [0, 0.05) is 13.0 Å². The number of likely N-dealkylation sites (tertiary alicyclic amines) is 1. The van der Waals surface area contributed by atoms with E-state index in [4.69, 9.17) is 0 Å². The van der Waals surface area contributed by atoms with E-state index in [0.29, 0.717) is 0 Å². The van der Waals surface area contributed by atoms with E-state index in [2.05, 4.69) is 0 Å². The van der Waals surface area contributed by atoms with E-state index in [9.17, 15) is 27.5 Å². The third kappa shape index (κ3) is 2.42. The van der Waals surface area contributed by atoms with Gasteiger partial charge in [0.2, 0.25) is 0 Å². The van der Waals surface area contributed by atoms with E-state index in [-0.39, 0.29) is 12.1 Å². The molecule has 0 bridgehead atoms. The van der Waals surface area contributed by atoms with Gasteiger partial charge in [-0.3, -0.25) is 4.79 Å². The molecule has 1 amide bonds. The summed E-state index contributed by atoms with van der Waals surface area (Å²) in [6.45, 7) is -1.13. The molecule has 0 aliphatic carbocycles. The molecule has 0 saturated carbocycles. The molecular weight excluding hydrogens is 266 g/mol. The van der Waals surface area contributed by atoms with Crippen LogP contribution < -0.4 is 0 Å². The minimum Gasteiger partial charge on any atom is -0.379 e. The van der Waals surface area contributed by atoms with E-state index in [0.717, 1.165) is 11.0 Å². The van der Waals surface area contributed by atoms with Gasteiger partial charge >= 0.3 is 6.18 Å². The Bertz CT molecular complexity index is 503. The van der Waals surface area contributed by atoms with Crippen molar-refractivity contribution in [3.05, 3.63) is 35.6 Å². The number of nitrogens with zero attached hydrogens (tertiary/aromatic N) is 1. The zero-order valence-electron chi connectivity index (χ0n) is 9.75. The molecule has 7 heteroatoms. The van der Waals surface area contributed by atoms with Crippen molar-refractivity contribution in [2.75, 3.05) is 13.1 Å². The standard InChI is InChI=1S/C12H11F4NO2/c13-9-4-2-1-3-8(9)10(18)17-6-5-11(19,7-17)12(14,15)16/h1-4,19H,5-7H2. The number of benzene rings is 1. The molecule has 0 aromatic heterocycles. The van der Waals surface area contributed by atoms with Crippen molar-refractivity contribution in [1.29, 1.82) is 0 Å².